The Morgan fingerprint density at radius 3 is 2.55 bits per heavy atom. The number of fused-ring (bicyclic) bond motifs is 1. The van der Waals surface area contributed by atoms with Crippen molar-refractivity contribution in [3.8, 4) is 5.75 Å². The van der Waals surface area contributed by atoms with E-state index >= 15 is 0 Å². The third kappa shape index (κ3) is 4.73. The number of anilines is 1. The molecule has 2 aromatic carbocycles. The number of sulfonamides is 1. The molecular formula is C20H21N3O3S3. The van der Waals surface area contributed by atoms with E-state index in [-0.39, 0.29) is 10.0 Å². The second-order valence-electron chi connectivity index (χ2n) is 6.73. The maximum Gasteiger partial charge on any atom is 0.267 e. The van der Waals surface area contributed by atoms with E-state index in [1.54, 1.807) is 6.07 Å². The molecule has 4 rings (SSSR count). The van der Waals surface area contributed by atoms with Crippen molar-refractivity contribution in [1.82, 2.24) is 10.2 Å². The largest absolute Gasteiger partial charge is 0.495 e. The van der Waals surface area contributed by atoms with Gasteiger partial charge in [0.1, 0.15) is 10.6 Å². The van der Waals surface area contributed by atoms with Gasteiger partial charge in [-0.1, -0.05) is 53.4 Å². The van der Waals surface area contributed by atoms with E-state index in [0.29, 0.717) is 10.1 Å². The first kappa shape index (κ1) is 20.2. The Hall–Kier alpha value is -2.10. The summed E-state index contributed by atoms with van der Waals surface area (Å²) < 4.78 is 34.6. The Labute approximate surface area is 178 Å². The summed E-state index contributed by atoms with van der Waals surface area (Å²) in [5.74, 6) is 1.11. The zero-order valence-electron chi connectivity index (χ0n) is 15.9. The number of thioether (sulfide) groups is 1. The minimum absolute atomic E-state index is 0.148. The second kappa shape index (κ2) is 8.73. The van der Waals surface area contributed by atoms with E-state index in [9.17, 15) is 8.42 Å². The molecule has 1 aromatic heterocycles. The van der Waals surface area contributed by atoms with Crippen LogP contribution in [0.4, 0.5) is 5.13 Å². The molecule has 1 heterocycles. The molecule has 6 nitrogen and oxygen atoms in total. The molecule has 0 unspecified atom stereocenters. The molecule has 0 saturated heterocycles. The van der Waals surface area contributed by atoms with Gasteiger partial charge in [-0.05, 0) is 54.5 Å². The van der Waals surface area contributed by atoms with Crippen molar-refractivity contribution in [3.63, 3.8) is 0 Å². The SMILES string of the molecule is COc1cc2c(cc1S(=O)(=O)Nc1nnc(SCc3ccccc3)s1)CCCC2. The third-order valence-corrected chi connectivity index (χ3v) is 8.28. The molecule has 0 fully saturated rings. The van der Waals surface area contributed by atoms with Gasteiger partial charge in [-0.2, -0.15) is 0 Å². The van der Waals surface area contributed by atoms with Gasteiger partial charge in [-0.25, -0.2) is 8.42 Å². The summed E-state index contributed by atoms with van der Waals surface area (Å²) >= 11 is 2.75. The molecule has 0 amide bonds. The minimum atomic E-state index is -3.82. The summed E-state index contributed by atoms with van der Waals surface area (Å²) in [6.07, 6.45) is 4.04. The van der Waals surface area contributed by atoms with Gasteiger partial charge in [0.05, 0.1) is 7.11 Å². The van der Waals surface area contributed by atoms with Crippen molar-refractivity contribution < 1.29 is 13.2 Å². The Balaban J connectivity index is 1.51. The van der Waals surface area contributed by atoms with Gasteiger partial charge in [0.2, 0.25) is 5.13 Å². The molecular weight excluding hydrogens is 426 g/mol. The first-order chi connectivity index (χ1) is 14.0. The van der Waals surface area contributed by atoms with Crippen LogP contribution in [0, 0.1) is 0 Å². The lowest BCUT2D eigenvalue weighted by Gasteiger charge is -2.19. The van der Waals surface area contributed by atoms with Crippen LogP contribution in [0.1, 0.15) is 29.5 Å². The number of hydrogen-bond donors (Lipinski definition) is 1. The van der Waals surface area contributed by atoms with E-state index in [1.807, 2.05) is 36.4 Å². The maximum atomic E-state index is 13.0. The molecule has 0 radical (unpaired) electrons. The fourth-order valence-electron chi connectivity index (χ4n) is 3.31. The summed E-state index contributed by atoms with van der Waals surface area (Å²) in [5, 5.41) is 8.34. The highest BCUT2D eigenvalue weighted by Gasteiger charge is 2.24. The topological polar surface area (TPSA) is 81.2 Å². The van der Waals surface area contributed by atoms with Crippen molar-refractivity contribution in [3.05, 3.63) is 59.2 Å². The summed E-state index contributed by atoms with van der Waals surface area (Å²) in [6, 6.07) is 13.6. The smallest absolute Gasteiger partial charge is 0.267 e. The molecule has 0 atom stereocenters. The van der Waals surface area contributed by atoms with Crippen LogP contribution in [-0.2, 0) is 28.6 Å². The Morgan fingerprint density at radius 2 is 1.83 bits per heavy atom. The molecule has 9 heteroatoms. The number of rotatable bonds is 7. The number of nitrogens with zero attached hydrogens (tertiary/aromatic N) is 2. The van der Waals surface area contributed by atoms with Gasteiger partial charge in [0.15, 0.2) is 4.34 Å². The van der Waals surface area contributed by atoms with E-state index in [1.165, 1.54) is 41.3 Å². The lowest BCUT2D eigenvalue weighted by Crippen LogP contribution is -2.15. The summed E-state index contributed by atoms with van der Waals surface area (Å²) in [6.45, 7) is 0. The molecule has 3 aromatic rings. The lowest BCUT2D eigenvalue weighted by molar-refractivity contribution is 0.401. The van der Waals surface area contributed by atoms with Crippen LogP contribution < -0.4 is 9.46 Å². The minimum Gasteiger partial charge on any atom is -0.495 e. The van der Waals surface area contributed by atoms with Crippen LogP contribution in [0.15, 0.2) is 51.7 Å². The molecule has 0 bridgehead atoms. The number of aryl methyl sites for hydroxylation is 2. The van der Waals surface area contributed by atoms with Crippen LogP contribution in [0.25, 0.3) is 0 Å². The normalized spacial score (nSPS) is 13.7. The second-order valence-corrected chi connectivity index (χ2v) is 10.6. The van der Waals surface area contributed by atoms with Crippen LogP contribution in [0.2, 0.25) is 0 Å². The van der Waals surface area contributed by atoms with Gasteiger partial charge < -0.3 is 4.74 Å². The average molecular weight is 448 g/mol. The van der Waals surface area contributed by atoms with E-state index < -0.39 is 10.0 Å². The first-order valence-electron chi connectivity index (χ1n) is 9.28. The monoisotopic (exact) mass is 447 g/mol. The predicted octanol–water partition coefficient (Wildman–Crippen LogP) is 4.52. The van der Waals surface area contributed by atoms with Gasteiger partial charge >= 0.3 is 0 Å². The maximum absolute atomic E-state index is 13.0. The van der Waals surface area contributed by atoms with Crippen molar-refractivity contribution in [2.24, 2.45) is 0 Å². The highest BCUT2D eigenvalue weighted by atomic mass is 32.2. The number of nitrogens with one attached hydrogen (secondary N) is 1. The number of aromatic nitrogens is 2. The zero-order valence-corrected chi connectivity index (χ0v) is 18.4. The predicted molar refractivity (Wildman–Crippen MR) is 116 cm³/mol. The molecule has 1 aliphatic carbocycles. The van der Waals surface area contributed by atoms with Crippen LogP contribution >= 0.6 is 23.1 Å². The highest BCUT2D eigenvalue weighted by molar-refractivity contribution is 8.00. The molecule has 0 spiro atoms. The summed E-state index contributed by atoms with van der Waals surface area (Å²) in [4.78, 5) is 0.148. The molecule has 1 aliphatic rings. The Bertz CT molecular complexity index is 1100. The van der Waals surface area contributed by atoms with Crippen LogP contribution in [0.5, 0.6) is 5.75 Å². The summed E-state index contributed by atoms with van der Waals surface area (Å²) in [7, 11) is -2.33. The van der Waals surface area contributed by atoms with Gasteiger partial charge in [0, 0.05) is 5.75 Å². The average Bonchev–Trinajstić information content (AvgIpc) is 3.18. The third-order valence-electron chi connectivity index (χ3n) is 4.75. The van der Waals surface area contributed by atoms with Gasteiger partial charge in [0.25, 0.3) is 10.0 Å². The van der Waals surface area contributed by atoms with E-state index in [0.717, 1.165) is 37.0 Å². The van der Waals surface area contributed by atoms with Crippen molar-refractivity contribution in [2.45, 2.75) is 40.7 Å². The Kier molecular flexibility index (Phi) is 6.07. The lowest BCUT2D eigenvalue weighted by atomic mass is 9.92. The number of methoxy groups -OCH3 is 1. The quantitative estimate of drug-likeness (QED) is 0.537. The van der Waals surface area contributed by atoms with Crippen LogP contribution in [0.3, 0.4) is 0 Å². The number of ether oxygens (including phenoxy) is 1. The zero-order chi connectivity index (χ0) is 20.3. The van der Waals surface area contributed by atoms with Crippen LogP contribution in [-0.4, -0.2) is 25.7 Å². The molecule has 0 saturated carbocycles. The summed E-state index contributed by atoms with van der Waals surface area (Å²) in [5.41, 5.74) is 3.42. The van der Waals surface area contributed by atoms with Gasteiger partial charge in [-0.15, -0.1) is 10.2 Å². The first-order valence-corrected chi connectivity index (χ1v) is 12.6. The van der Waals surface area contributed by atoms with E-state index in [4.69, 9.17) is 4.74 Å². The molecule has 152 valence electrons. The van der Waals surface area contributed by atoms with Crippen molar-refractivity contribution in [1.29, 1.82) is 0 Å². The Morgan fingerprint density at radius 1 is 1.10 bits per heavy atom. The van der Waals surface area contributed by atoms with Crippen molar-refractivity contribution in [2.75, 3.05) is 11.8 Å². The standard InChI is InChI=1S/C20H21N3O3S3/c1-26-17-11-15-9-5-6-10-16(15)12-18(17)29(24,25)23-19-21-22-20(28-19)27-13-14-7-3-2-4-8-14/h2-4,7-8,11-12H,5-6,9-10,13H2,1H3,(H,21,23). The number of benzene rings is 2. The molecule has 29 heavy (non-hydrogen) atoms. The fourth-order valence-corrected chi connectivity index (χ4v) is 6.45. The molecule has 0 aliphatic heterocycles. The highest BCUT2D eigenvalue weighted by Crippen LogP contribution is 2.34. The van der Waals surface area contributed by atoms with E-state index in [2.05, 4.69) is 14.9 Å². The van der Waals surface area contributed by atoms with Gasteiger partial charge in [-0.3, -0.25) is 4.72 Å². The van der Waals surface area contributed by atoms with Crippen molar-refractivity contribution >= 4 is 38.3 Å². The number of hydrogen-bond acceptors (Lipinski definition) is 7. The fraction of sp³-hybridized carbons (Fsp3) is 0.300. The molecule has 1 N–H and O–H groups in total.